The van der Waals surface area contributed by atoms with Crippen molar-refractivity contribution in [1.29, 1.82) is 0 Å². The molecule has 1 rings (SSSR count). The van der Waals surface area contributed by atoms with Crippen LogP contribution in [-0.2, 0) is 4.79 Å². The van der Waals surface area contributed by atoms with Crippen molar-refractivity contribution in [2.24, 2.45) is 5.41 Å². The molecule has 1 aromatic carbocycles. The average molecular weight is 240 g/mol. The predicted octanol–water partition coefficient (Wildman–Crippen LogP) is 3.01. The molecule has 0 heterocycles. The molecule has 0 unspecified atom stereocenters. The Morgan fingerprint density at radius 1 is 1.47 bits per heavy atom. The summed E-state index contributed by atoms with van der Waals surface area (Å²) in [5.41, 5.74) is -0.272. The topological polar surface area (TPSA) is 46.5 Å². The first-order valence-corrected chi connectivity index (χ1v) is 5.45. The van der Waals surface area contributed by atoms with Gasteiger partial charge in [0.25, 0.3) is 0 Å². The molecule has 1 N–H and O–H groups in total. The summed E-state index contributed by atoms with van der Waals surface area (Å²) in [5, 5.41) is 8.90. The molecule has 4 heteroatoms. The highest BCUT2D eigenvalue weighted by atomic mass is 19.1. The molecule has 0 radical (unpaired) electrons. The van der Waals surface area contributed by atoms with Gasteiger partial charge >= 0.3 is 5.97 Å². The lowest BCUT2D eigenvalue weighted by Gasteiger charge is -2.18. The second kappa shape index (κ2) is 5.17. The van der Waals surface area contributed by atoms with Gasteiger partial charge in [-0.05, 0) is 38.8 Å². The first kappa shape index (κ1) is 13.5. The number of benzene rings is 1. The number of rotatable bonds is 5. The molecule has 0 aromatic heterocycles. The van der Waals surface area contributed by atoms with Crippen molar-refractivity contribution in [3.05, 3.63) is 29.6 Å². The van der Waals surface area contributed by atoms with E-state index in [9.17, 15) is 9.18 Å². The van der Waals surface area contributed by atoms with Gasteiger partial charge in [0.05, 0.1) is 12.0 Å². The lowest BCUT2D eigenvalue weighted by atomic mass is 9.90. The summed E-state index contributed by atoms with van der Waals surface area (Å²) in [6.45, 7) is 5.19. The highest BCUT2D eigenvalue weighted by Crippen LogP contribution is 2.22. The minimum atomic E-state index is -0.865. The second-order valence-corrected chi connectivity index (χ2v) is 4.70. The maximum atomic E-state index is 13.2. The van der Waals surface area contributed by atoms with Gasteiger partial charge < -0.3 is 9.84 Å². The molecular formula is C13H17FO3. The fraction of sp³-hybridized carbons (Fsp3) is 0.462. The Morgan fingerprint density at radius 2 is 2.12 bits per heavy atom. The lowest BCUT2D eigenvalue weighted by molar-refractivity contribution is -0.147. The van der Waals surface area contributed by atoms with E-state index >= 15 is 0 Å². The van der Waals surface area contributed by atoms with Crippen molar-refractivity contribution in [3.8, 4) is 5.75 Å². The van der Waals surface area contributed by atoms with Gasteiger partial charge in [-0.25, -0.2) is 4.39 Å². The van der Waals surface area contributed by atoms with Crippen LogP contribution in [0.1, 0.15) is 25.8 Å². The van der Waals surface area contributed by atoms with Crippen LogP contribution in [0.3, 0.4) is 0 Å². The maximum absolute atomic E-state index is 13.2. The number of carboxylic acids is 1. The van der Waals surface area contributed by atoms with E-state index in [4.69, 9.17) is 9.84 Å². The molecule has 0 aliphatic heterocycles. The summed E-state index contributed by atoms with van der Waals surface area (Å²) in [4.78, 5) is 10.8. The van der Waals surface area contributed by atoms with Crippen LogP contribution in [0.25, 0.3) is 0 Å². The molecular weight excluding hydrogens is 223 g/mol. The van der Waals surface area contributed by atoms with Gasteiger partial charge in [-0.1, -0.05) is 6.07 Å². The molecule has 0 saturated heterocycles. The third kappa shape index (κ3) is 3.73. The van der Waals surface area contributed by atoms with E-state index in [-0.39, 0.29) is 12.4 Å². The van der Waals surface area contributed by atoms with Gasteiger partial charge in [0.2, 0.25) is 0 Å². The molecule has 3 nitrogen and oxygen atoms in total. The zero-order chi connectivity index (χ0) is 13.1. The molecule has 0 atom stereocenters. The van der Waals surface area contributed by atoms with Crippen molar-refractivity contribution in [1.82, 2.24) is 0 Å². The van der Waals surface area contributed by atoms with Crippen LogP contribution >= 0.6 is 0 Å². The van der Waals surface area contributed by atoms with Gasteiger partial charge in [-0.15, -0.1) is 0 Å². The van der Waals surface area contributed by atoms with Crippen LogP contribution in [0, 0.1) is 18.2 Å². The summed E-state index contributed by atoms with van der Waals surface area (Å²) in [5.74, 6) is -0.759. The lowest BCUT2D eigenvalue weighted by Crippen LogP contribution is -2.25. The van der Waals surface area contributed by atoms with Crippen molar-refractivity contribution >= 4 is 5.97 Å². The predicted molar refractivity (Wildman–Crippen MR) is 62.7 cm³/mol. The number of aryl methyl sites for hydroxylation is 1. The first-order chi connectivity index (χ1) is 7.83. The molecule has 94 valence electrons. The third-order valence-electron chi connectivity index (χ3n) is 2.72. The van der Waals surface area contributed by atoms with Crippen molar-refractivity contribution in [2.45, 2.75) is 27.2 Å². The smallest absolute Gasteiger partial charge is 0.309 e. The molecule has 1 aromatic rings. The standard InChI is InChI=1S/C13H17FO3/c1-9-4-5-10(8-11(9)14)17-7-6-13(2,3)12(15)16/h4-5,8H,6-7H2,1-3H3,(H,15,16). The average Bonchev–Trinajstić information content (AvgIpc) is 2.23. The van der Waals surface area contributed by atoms with Crippen LogP contribution in [-0.4, -0.2) is 17.7 Å². The van der Waals surface area contributed by atoms with E-state index in [2.05, 4.69) is 0 Å². The first-order valence-electron chi connectivity index (χ1n) is 5.45. The number of aliphatic carboxylic acids is 1. The Hall–Kier alpha value is -1.58. The van der Waals surface area contributed by atoms with E-state index in [0.29, 0.717) is 17.7 Å². The van der Waals surface area contributed by atoms with E-state index < -0.39 is 11.4 Å². The molecule has 17 heavy (non-hydrogen) atoms. The highest BCUT2D eigenvalue weighted by molar-refractivity contribution is 5.73. The number of carboxylic acid groups (broad SMARTS) is 1. The number of ether oxygens (including phenoxy) is 1. The molecule has 0 fully saturated rings. The van der Waals surface area contributed by atoms with Gasteiger partial charge in [0.15, 0.2) is 0 Å². The normalized spacial score (nSPS) is 11.3. The number of hydrogen-bond donors (Lipinski definition) is 1. The van der Waals surface area contributed by atoms with Crippen LogP contribution in [0.4, 0.5) is 4.39 Å². The van der Waals surface area contributed by atoms with Crippen molar-refractivity contribution in [3.63, 3.8) is 0 Å². The highest BCUT2D eigenvalue weighted by Gasteiger charge is 2.26. The van der Waals surface area contributed by atoms with E-state index in [1.807, 2.05) is 0 Å². The number of hydrogen-bond acceptors (Lipinski definition) is 2. The fourth-order valence-electron chi connectivity index (χ4n) is 1.19. The summed E-state index contributed by atoms with van der Waals surface area (Å²) < 4.78 is 18.5. The van der Waals surface area contributed by atoms with Crippen LogP contribution in [0.15, 0.2) is 18.2 Å². The molecule has 0 saturated carbocycles. The van der Waals surface area contributed by atoms with Gasteiger partial charge in [-0.2, -0.15) is 0 Å². The zero-order valence-electron chi connectivity index (χ0n) is 10.3. The SMILES string of the molecule is Cc1ccc(OCCC(C)(C)C(=O)O)cc1F. The van der Waals surface area contributed by atoms with Crippen molar-refractivity contribution < 1.29 is 19.0 Å². The Morgan fingerprint density at radius 3 is 2.65 bits per heavy atom. The quantitative estimate of drug-likeness (QED) is 0.860. The van der Waals surface area contributed by atoms with E-state index in [1.165, 1.54) is 6.07 Å². The zero-order valence-corrected chi connectivity index (χ0v) is 10.3. The Kier molecular flexibility index (Phi) is 4.10. The number of halogens is 1. The summed E-state index contributed by atoms with van der Waals surface area (Å²) in [7, 11) is 0. The maximum Gasteiger partial charge on any atom is 0.309 e. The number of carbonyl (C=O) groups is 1. The van der Waals surface area contributed by atoms with Gasteiger partial charge in [0, 0.05) is 6.07 Å². The molecule has 0 bridgehead atoms. The van der Waals surface area contributed by atoms with Crippen LogP contribution < -0.4 is 4.74 Å². The molecule has 0 aliphatic rings. The minimum Gasteiger partial charge on any atom is -0.493 e. The largest absolute Gasteiger partial charge is 0.493 e. The van der Waals surface area contributed by atoms with E-state index in [1.54, 1.807) is 32.9 Å². The second-order valence-electron chi connectivity index (χ2n) is 4.70. The summed E-state index contributed by atoms with van der Waals surface area (Å²) in [6.07, 6.45) is 0.373. The third-order valence-corrected chi connectivity index (χ3v) is 2.72. The monoisotopic (exact) mass is 240 g/mol. The van der Waals surface area contributed by atoms with Crippen LogP contribution in [0.2, 0.25) is 0 Å². The van der Waals surface area contributed by atoms with Gasteiger partial charge in [-0.3, -0.25) is 4.79 Å². The Bertz CT molecular complexity index is 413. The molecule has 0 spiro atoms. The minimum absolute atomic E-state index is 0.252. The summed E-state index contributed by atoms with van der Waals surface area (Å²) in [6, 6.07) is 4.61. The Labute approximate surface area is 100 Å². The molecule has 0 aliphatic carbocycles. The Balaban J connectivity index is 2.51. The van der Waals surface area contributed by atoms with E-state index in [0.717, 1.165) is 0 Å². The van der Waals surface area contributed by atoms with Crippen molar-refractivity contribution in [2.75, 3.05) is 6.61 Å². The fourth-order valence-corrected chi connectivity index (χ4v) is 1.19. The van der Waals surface area contributed by atoms with Gasteiger partial charge in [0.1, 0.15) is 11.6 Å². The molecule has 0 amide bonds. The summed E-state index contributed by atoms with van der Waals surface area (Å²) >= 11 is 0. The van der Waals surface area contributed by atoms with Crippen LogP contribution in [0.5, 0.6) is 5.75 Å².